The lowest BCUT2D eigenvalue weighted by Gasteiger charge is -2.41. The maximum absolute atomic E-state index is 14.8. The molecule has 0 bridgehead atoms. The predicted octanol–water partition coefficient (Wildman–Crippen LogP) is 4.31. The van der Waals surface area contributed by atoms with Gasteiger partial charge in [0.1, 0.15) is 5.82 Å². The highest BCUT2D eigenvalue weighted by Crippen LogP contribution is 2.32. The average Bonchev–Trinajstić information content (AvgIpc) is 3.54. The Morgan fingerprint density at radius 3 is 2.56 bits per heavy atom. The highest BCUT2D eigenvalue weighted by molar-refractivity contribution is 5.93. The topological polar surface area (TPSA) is 66.6 Å². The lowest BCUT2D eigenvalue weighted by atomic mass is 10.0. The molecule has 8 heteroatoms. The fourth-order valence-corrected chi connectivity index (χ4v) is 5.47. The van der Waals surface area contributed by atoms with Crippen LogP contribution >= 0.6 is 0 Å². The molecular weight excluding hydrogens is 431 g/mol. The highest BCUT2D eigenvalue weighted by Gasteiger charge is 2.34. The summed E-state index contributed by atoms with van der Waals surface area (Å²) in [6.45, 7) is 4.04. The largest absolute Gasteiger partial charge is 0.338 e. The van der Waals surface area contributed by atoms with Gasteiger partial charge in [0.25, 0.3) is 0 Å². The fraction of sp³-hybridized carbons (Fsp3) is 0.385. The summed E-state index contributed by atoms with van der Waals surface area (Å²) in [6, 6.07) is 14.5. The number of piperazine rings is 1. The van der Waals surface area contributed by atoms with Gasteiger partial charge in [0.2, 0.25) is 11.9 Å². The summed E-state index contributed by atoms with van der Waals surface area (Å²) in [5, 5.41) is 9.70. The van der Waals surface area contributed by atoms with Gasteiger partial charge in [-0.2, -0.15) is 0 Å². The maximum atomic E-state index is 14.8. The van der Waals surface area contributed by atoms with E-state index in [0.717, 1.165) is 36.6 Å². The Hall–Kier alpha value is -3.55. The van der Waals surface area contributed by atoms with Crippen LogP contribution in [0.25, 0.3) is 27.9 Å². The number of amides is 1. The van der Waals surface area contributed by atoms with Gasteiger partial charge in [0.05, 0.1) is 11.1 Å². The Morgan fingerprint density at radius 2 is 1.76 bits per heavy atom. The Kier molecular flexibility index (Phi) is 5.16. The quantitative estimate of drug-likeness (QED) is 0.458. The van der Waals surface area contributed by atoms with Crippen LogP contribution in [-0.2, 0) is 4.79 Å². The molecule has 2 fully saturated rings. The summed E-state index contributed by atoms with van der Waals surface area (Å²) in [5.74, 6) is 1.22. The van der Waals surface area contributed by atoms with Crippen molar-refractivity contribution in [2.24, 2.45) is 5.92 Å². The molecule has 1 aliphatic carbocycles. The Balaban J connectivity index is 1.43. The fourth-order valence-electron chi connectivity index (χ4n) is 5.47. The van der Waals surface area contributed by atoms with Gasteiger partial charge >= 0.3 is 0 Å². The van der Waals surface area contributed by atoms with Gasteiger partial charge in [0.15, 0.2) is 11.5 Å². The summed E-state index contributed by atoms with van der Waals surface area (Å²) in [7, 11) is 0. The van der Waals surface area contributed by atoms with Crippen molar-refractivity contribution in [2.75, 3.05) is 24.5 Å². The number of aromatic nitrogens is 4. The molecule has 0 spiro atoms. The first kappa shape index (κ1) is 21.0. The molecule has 4 aromatic rings. The Bertz CT molecular complexity index is 1380. The van der Waals surface area contributed by atoms with E-state index in [9.17, 15) is 9.18 Å². The van der Waals surface area contributed by atoms with Crippen molar-refractivity contribution in [1.82, 2.24) is 24.5 Å². The minimum atomic E-state index is -0.351. The Morgan fingerprint density at radius 1 is 1.00 bits per heavy atom. The number of hydrogen-bond acceptors (Lipinski definition) is 5. The number of halogens is 1. The standard InChI is InChI=1S/C26H27FN6O/c1-17-16-31(14-15-32(17)25(34)18-8-2-3-9-18)26-28-22-13-7-5-11-20(22)24-30-29-23(33(24)26)19-10-4-6-12-21(19)27/h4-7,10-13,17-18H,2-3,8-9,14-16H2,1H3. The molecular formula is C26H27FN6O. The number of rotatable bonds is 3. The van der Waals surface area contributed by atoms with Crippen LogP contribution in [0.1, 0.15) is 32.6 Å². The molecule has 1 saturated carbocycles. The van der Waals surface area contributed by atoms with Crippen molar-refractivity contribution in [3.8, 4) is 11.4 Å². The predicted molar refractivity (Wildman–Crippen MR) is 129 cm³/mol. The summed E-state index contributed by atoms with van der Waals surface area (Å²) < 4.78 is 16.6. The van der Waals surface area contributed by atoms with Crippen LogP contribution in [0.15, 0.2) is 48.5 Å². The smallest absolute Gasteiger partial charge is 0.226 e. The molecule has 1 unspecified atom stereocenters. The molecule has 1 saturated heterocycles. The van der Waals surface area contributed by atoms with E-state index in [1.165, 1.54) is 6.07 Å². The van der Waals surface area contributed by atoms with Crippen LogP contribution in [0.5, 0.6) is 0 Å². The maximum Gasteiger partial charge on any atom is 0.226 e. The van der Waals surface area contributed by atoms with Crippen molar-refractivity contribution in [1.29, 1.82) is 0 Å². The van der Waals surface area contributed by atoms with Gasteiger partial charge in [-0.05, 0) is 44.0 Å². The molecule has 0 N–H and O–H groups in total. The van der Waals surface area contributed by atoms with E-state index in [1.54, 1.807) is 18.2 Å². The van der Waals surface area contributed by atoms with Crippen molar-refractivity contribution >= 4 is 28.4 Å². The lowest BCUT2D eigenvalue weighted by molar-refractivity contribution is -0.137. The zero-order valence-corrected chi connectivity index (χ0v) is 19.2. The van der Waals surface area contributed by atoms with E-state index >= 15 is 0 Å². The van der Waals surface area contributed by atoms with Crippen molar-refractivity contribution in [2.45, 2.75) is 38.6 Å². The van der Waals surface area contributed by atoms with Crippen LogP contribution < -0.4 is 4.90 Å². The van der Waals surface area contributed by atoms with E-state index in [2.05, 4.69) is 22.0 Å². The van der Waals surface area contributed by atoms with E-state index in [-0.39, 0.29) is 23.7 Å². The normalized spacial score (nSPS) is 19.4. The number of fused-ring (bicyclic) bond motifs is 3. The third-order valence-electron chi connectivity index (χ3n) is 7.24. The zero-order chi connectivity index (χ0) is 23.2. The minimum absolute atomic E-state index is 0.0542. The van der Waals surface area contributed by atoms with E-state index in [0.29, 0.717) is 42.6 Å². The first-order valence-electron chi connectivity index (χ1n) is 12.1. The number of carbonyl (C=O) groups excluding carboxylic acids is 1. The first-order chi connectivity index (χ1) is 16.6. The van der Waals surface area contributed by atoms with E-state index in [1.807, 2.05) is 33.6 Å². The van der Waals surface area contributed by atoms with Crippen LogP contribution in [0.3, 0.4) is 0 Å². The molecule has 7 nitrogen and oxygen atoms in total. The third kappa shape index (κ3) is 3.40. The monoisotopic (exact) mass is 458 g/mol. The molecule has 34 heavy (non-hydrogen) atoms. The van der Waals surface area contributed by atoms with Crippen molar-refractivity contribution in [3.63, 3.8) is 0 Å². The molecule has 6 rings (SSSR count). The van der Waals surface area contributed by atoms with Crippen molar-refractivity contribution in [3.05, 3.63) is 54.3 Å². The van der Waals surface area contributed by atoms with E-state index < -0.39 is 0 Å². The minimum Gasteiger partial charge on any atom is -0.338 e. The second-order valence-electron chi connectivity index (χ2n) is 9.40. The number of hydrogen-bond donors (Lipinski definition) is 0. The van der Waals surface area contributed by atoms with Crippen molar-refractivity contribution < 1.29 is 9.18 Å². The molecule has 3 heterocycles. The van der Waals surface area contributed by atoms with Gasteiger partial charge in [-0.25, -0.2) is 13.8 Å². The van der Waals surface area contributed by atoms with Crippen LogP contribution in [-0.4, -0.2) is 56.1 Å². The first-order valence-corrected chi connectivity index (χ1v) is 12.1. The van der Waals surface area contributed by atoms with Gasteiger partial charge < -0.3 is 9.80 Å². The summed E-state index contributed by atoms with van der Waals surface area (Å²) >= 11 is 0. The number of anilines is 1. The second kappa shape index (κ2) is 8.34. The van der Waals surface area contributed by atoms with E-state index in [4.69, 9.17) is 4.98 Å². The summed E-state index contributed by atoms with van der Waals surface area (Å²) in [4.78, 5) is 22.3. The van der Waals surface area contributed by atoms with Crippen LogP contribution in [0.2, 0.25) is 0 Å². The molecule has 2 aromatic heterocycles. The number of nitrogens with zero attached hydrogens (tertiary/aromatic N) is 6. The average molecular weight is 459 g/mol. The molecule has 2 aliphatic rings. The van der Waals surface area contributed by atoms with Gasteiger partial charge in [0, 0.05) is 37.0 Å². The molecule has 2 aromatic carbocycles. The molecule has 174 valence electrons. The lowest BCUT2D eigenvalue weighted by Crippen LogP contribution is -2.55. The number of carbonyl (C=O) groups is 1. The van der Waals surface area contributed by atoms with Crippen LogP contribution in [0, 0.1) is 11.7 Å². The summed E-state index contributed by atoms with van der Waals surface area (Å²) in [5.41, 5.74) is 1.85. The second-order valence-corrected chi connectivity index (χ2v) is 9.40. The SMILES string of the molecule is CC1CN(c2nc3ccccc3c3nnc(-c4ccccc4F)n23)CCN1C(=O)C1CCCC1. The number of para-hydroxylation sites is 1. The van der Waals surface area contributed by atoms with Gasteiger partial charge in [-0.1, -0.05) is 37.1 Å². The zero-order valence-electron chi connectivity index (χ0n) is 19.2. The number of benzene rings is 2. The van der Waals surface area contributed by atoms with Crippen LogP contribution in [0.4, 0.5) is 10.3 Å². The van der Waals surface area contributed by atoms with Gasteiger partial charge in [-0.15, -0.1) is 10.2 Å². The third-order valence-corrected chi connectivity index (χ3v) is 7.24. The highest BCUT2D eigenvalue weighted by atomic mass is 19.1. The molecule has 0 radical (unpaired) electrons. The molecule has 1 aliphatic heterocycles. The van der Waals surface area contributed by atoms with Gasteiger partial charge in [-0.3, -0.25) is 4.79 Å². The molecule has 1 atom stereocenters. The molecule has 1 amide bonds. The summed E-state index contributed by atoms with van der Waals surface area (Å²) in [6.07, 6.45) is 4.31. The Labute approximate surface area is 197 Å².